The third kappa shape index (κ3) is 4.26. The molecule has 0 bridgehead atoms. The van der Waals surface area contributed by atoms with Crippen LogP contribution in [0.1, 0.15) is 17.5 Å². The molecule has 0 unspecified atom stereocenters. The van der Waals surface area contributed by atoms with E-state index in [9.17, 15) is 4.79 Å². The highest BCUT2D eigenvalue weighted by atomic mass is 79.9. The lowest BCUT2D eigenvalue weighted by Gasteiger charge is -2.11. The average molecular weight is 435 g/mol. The first-order valence-corrected chi connectivity index (χ1v) is 10.0. The molecule has 0 spiro atoms. The van der Waals surface area contributed by atoms with Gasteiger partial charge in [-0.05, 0) is 42.0 Å². The number of hydrogen-bond acceptors (Lipinski definition) is 6. The van der Waals surface area contributed by atoms with E-state index in [-0.39, 0.29) is 5.91 Å². The number of aromatic nitrogens is 2. The van der Waals surface area contributed by atoms with Gasteiger partial charge in [-0.15, -0.1) is 16.8 Å². The number of halogens is 1. The smallest absolute Gasteiger partial charge is 0.267 e. The van der Waals surface area contributed by atoms with E-state index in [0.717, 1.165) is 21.5 Å². The molecular formula is C17H15BrN4OS2. The maximum atomic E-state index is 12.7. The second kappa shape index (κ2) is 8.07. The molecule has 128 valence electrons. The van der Waals surface area contributed by atoms with Gasteiger partial charge in [-0.25, -0.2) is 0 Å². The van der Waals surface area contributed by atoms with E-state index in [2.05, 4.69) is 37.7 Å². The van der Waals surface area contributed by atoms with Crippen molar-refractivity contribution in [2.75, 3.05) is 6.54 Å². The zero-order valence-electron chi connectivity index (χ0n) is 13.5. The second-order valence-corrected chi connectivity index (χ2v) is 8.06. The van der Waals surface area contributed by atoms with E-state index in [0.29, 0.717) is 21.7 Å². The Labute approximate surface area is 162 Å². The fourth-order valence-corrected chi connectivity index (χ4v) is 4.07. The van der Waals surface area contributed by atoms with E-state index in [1.165, 1.54) is 23.1 Å². The normalized spacial score (nSPS) is 17.7. The summed E-state index contributed by atoms with van der Waals surface area (Å²) in [5.41, 5.74) is 0.961. The minimum atomic E-state index is -0.0770. The molecule has 0 saturated carbocycles. The lowest BCUT2D eigenvalue weighted by atomic mass is 10.2. The van der Waals surface area contributed by atoms with Crippen LogP contribution in [0.2, 0.25) is 0 Å². The van der Waals surface area contributed by atoms with Crippen LogP contribution in [0.15, 0.2) is 51.3 Å². The van der Waals surface area contributed by atoms with Crippen LogP contribution in [-0.4, -0.2) is 32.7 Å². The molecule has 1 aromatic heterocycles. The number of carbonyl (C=O) groups excluding carboxylic acids is 1. The summed E-state index contributed by atoms with van der Waals surface area (Å²) in [5, 5.41) is 10.2. The lowest BCUT2D eigenvalue weighted by molar-refractivity contribution is -0.121. The zero-order chi connectivity index (χ0) is 17.8. The largest absolute Gasteiger partial charge is 0.282 e. The highest BCUT2D eigenvalue weighted by molar-refractivity contribution is 9.10. The second-order valence-electron chi connectivity index (χ2n) is 5.09. The molecule has 2 heterocycles. The number of rotatable bonds is 5. The van der Waals surface area contributed by atoms with Crippen LogP contribution in [0.3, 0.4) is 0 Å². The van der Waals surface area contributed by atoms with Crippen molar-refractivity contribution in [3.8, 4) is 0 Å². The standard InChI is InChI=1S/C17H15BrN4OS2/c1-3-9-22-15(23)13(10-11-5-7-12(18)8-6-11)24-17(22)19-16-21-20-14(4-2)25-16/h3,5-8,10H,1,4,9H2,2H3. The van der Waals surface area contributed by atoms with Crippen LogP contribution < -0.4 is 0 Å². The Hall–Kier alpha value is -1.77. The van der Waals surface area contributed by atoms with Gasteiger partial charge < -0.3 is 0 Å². The number of aliphatic imine (C=N–C) groups is 1. The first-order valence-electron chi connectivity index (χ1n) is 7.59. The predicted octanol–water partition coefficient (Wildman–Crippen LogP) is 4.65. The lowest BCUT2D eigenvalue weighted by Crippen LogP contribution is -2.29. The number of nitrogens with zero attached hydrogens (tertiary/aromatic N) is 4. The quantitative estimate of drug-likeness (QED) is 0.507. The van der Waals surface area contributed by atoms with Crippen molar-refractivity contribution < 1.29 is 4.79 Å². The monoisotopic (exact) mass is 434 g/mol. The SMILES string of the molecule is C=CCN1C(=O)C(=Cc2ccc(Br)cc2)SC1=Nc1nnc(CC)s1. The van der Waals surface area contributed by atoms with Gasteiger partial charge >= 0.3 is 0 Å². The van der Waals surface area contributed by atoms with Crippen LogP contribution >= 0.6 is 39.0 Å². The average Bonchev–Trinajstić information content (AvgIpc) is 3.17. The summed E-state index contributed by atoms with van der Waals surface area (Å²) in [5.74, 6) is -0.0770. The Balaban J connectivity index is 1.91. The van der Waals surface area contributed by atoms with Crippen molar-refractivity contribution >= 4 is 61.3 Å². The van der Waals surface area contributed by atoms with Gasteiger partial charge in [0.2, 0.25) is 5.13 Å². The summed E-state index contributed by atoms with van der Waals surface area (Å²) in [4.78, 5) is 19.4. The van der Waals surface area contributed by atoms with Crippen LogP contribution in [-0.2, 0) is 11.2 Å². The Morgan fingerprint density at radius 2 is 2.08 bits per heavy atom. The molecule has 1 aliphatic rings. The Bertz CT molecular complexity index is 858. The molecule has 25 heavy (non-hydrogen) atoms. The van der Waals surface area contributed by atoms with E-state index in [1.54, 1.807) is 11.0 Å². The van der Waals surface area contributed by atoms with Crippen LogP contribution in [0.4, 0.5) is 5.13 Å². The molecule has 1 saturated heterocycles. The number of carbonyl (C=O) groups is 1. The van der Waals surface area contributed by atoms with E-state index in [4.69, 9.17) is 0 Å². The fraction of sp³-hybridized carbons (Fsp3) is 0.176. The molecule has 1 aliphatic heterocycles. The van der Waals surface area contributed by atoms with Gasteiger partial charge in [0, 0.05) is 11.0 Å². The Morgan fingerprint density at radius 3 is 2.72 bits per heavy atom. The number of thioether (sulfide) groups is 1. The van der Waals surface area contributed by atoms with Gasteiger partial charge in [0.25, 0.3) is 5.91 Å². The summed E-state index contributed by atoms with van der Waals surface area (Å²) in [6, 6.07) is 7.80. The highest BCUT2D eigenvalue weighted by Gasteiger charge is 2.32. The highest BCUT2D eigenvalue weighted by Crippen LogP contribution is 2.34. The zero-order valence-corrected chi connectivity index (χ0v) is 16.7. The molecule has 0 aliphatic carbocycles. The number of amidine groups is 1. The summed E-state index contributed by atoms with van der Waals surface area (Å²) >= 11 is 6.19. The molecule has 8 heteroatoms. The van der Waals surface area contributed by atoms with Crippen molar-refractivity contribution in [3.63, 3.8) is 0 Å². The first kappa shape index (κ1) is 18.0. The first-order chi connectivity index (χ1) is 12.1. The molecule has 5 nitrogen and oxygen atoms in total. The van der Waals surface area contributed by atoms with Gasteiger partial charge in [0.15, 0.2) is 5.17 Å². The summed E-state index contributed by atoms with van der Waals surface area (Å²) in [6.45, 7) is 6.15. The maximum absolute atomic E-state index is 12.7. The molecule has 3 rings (SSSR count). The van der Waals surface area contributed by atoms with Gasteiger partial charge in [0.1, 0.15) is 5.01 Å². The molecule has 1 amide bonds. The Kier molecular flexibility index (Phi) is 5.82. The van der Waals surface area contributed by atoms with Crippen molar-refractivity contribution in [2.45, 2.75) is 13.3 Å². The minimum Gasteiger partial charge on any atom is -0.282 e. The Morgan fingerprint density at radius 1 is 1.32 bits per heavy atom. The fourth-order valence-electron chi connectivity index (χ4n) is 2.11. The number of hydrogen-bond donors (Lipinski definition) is 0. The topological polar surface area (TPSA) is 58.5 Å². The number of aryl methyl sites for hydroxylation is 1. The number of benzene rings is 1. The molecular weight excluding hydrogens is 420 g/mol. The maximum Gasteiger partial charge on any atom is 0.267 e. The van der Waals surface area contributed by atoms with Gasteiger partial charge in [-0.1, -0.05) is 52.4 Å². The number of amides is 1. The van der Waals surface area contributed by atoms with E-state index in [1.807, 2.05) is 37.3 Å². The van der Waals surface area contributed by atoms with Crippen LogP contribution in [0.25, 0.3) is 6.08 Å². The van der Waals surface area contributed by atoms with E-state index >= 15 is 0 Å². The van der Waals surface area contributed by atoms with Crippen LogP contribution in [0, 0.1) is 0 Å². The van der Waals surface area contributed by atoms with Crippen LogP contribution in [0.5, 0.6) is 0 Å². The molecule has 2 aromatic rings. The third-order valence-corrected chi connectivity index (χ3v) is 5.81. The van der Waals surface area contributed by atoms with E-state index < -0.39 is 0 Å². The summed E-state index contributed by atoms with van der Waals surface area (Å²) in [6.07, 6.45) is 4.38. The molecule has 0 N–H and O–H groups in total. The summed E-state index contributed by atoms with van der Waals surface area (Å²) < 4.78 is 0.999. The molecule has 0 radical (unpaired) electrons. The van der Waals surface area contributed by atoms with Crippen molar-refractivity contribution in [3.05, 3.63) is 56.9 Å². The van der Waals surface area contributed by atoms with Crippen molar-refractivity contribution in [2.24, 2.45) is 4.99 Å². The minimum absolute atomic E-state index is 0.0770. The van der Waals surface area contributed by atoms with Gasteiger partial charge in [-0.2, -0.15) is 4.99 Å². The summed E-state index contributed by atoms with van der Waals surface area (Å²) in [7, 11) is 0. The van der Waals surface area contributed by atoms with Crippen molar-refractivity contribution in [1.82, 2.24) is 15.1 Å². The van der Waals surface area contributed by atoms with Gasteiger partial charge in [-0.3, -0.25) is 9.69 Å². The third-order valence-electron chi connectivity index (χ3n) is 3.32. The molecule has 1 fully saturated rings. The predicted molar refractivity (Wildman–Crippen MR) is 108 cm³/mol. The molecule has 0 atom stereocenters. The molecule has 1 aromatic carbocycles. The van der Waals surface area contributed by atoms with Gasteiger partial charge in [0.05, 0.1) is 4.91 Å². The van der Waals surface area contributed by atoms with Crippen molar-refractivity contribution in [1.29, 1.82) is 0 Å².